The maximum atomic E-state index is 5.92. The van der Waals surface area contributed by atoms with Gasteiger partial charge in [0, 0.05) is 30.4 Å². The van der Waals surface area contributed by atoms with Crippen molar-refractivity contribution in [3.8, 4) is 11.4 Å². The highest BCUT2D eigenvalue weighted by Gasteiger charge is 2.36. The molecule has 1 saturated heterocycles. The number of aromatic nitrogens is 4. The highest BCUT2D eigenvalue weighted by Crippen LogP contribution is 2.34. The first-order valence-electron chi connectivity index (χ1n) is 7.61. The number of nitrogens with two attached hydrogens (primary N) is 1. The summed E-state index contributed by atoms with van der Waals surface area (Å²) in [5.74, 6) is 0.836. The average Bonchev–Trinajstić information content (AvgIpc) is 3.02. The molecule has 1 aromatic carbocycles. The Hall–Kier alpha value is -1.95. The zero-order chi connectivity index (χ0) is 14.4. The lowest BCUT2D eigenvalue weighted by molar-refractivity contribution is 0.309. The van der Waals surface area contributed by atoms with Crippen LogP contribution in [-0.2, 0) is 0 Å². The van der Waals surface area contributed by atoms with Gasteiger partial charge in [-0.1, -0.05) is 6.07 Å². The van der Waals surface area contributed by atoms with E-state index >= 15 is 0 Å². The zero-order valence-corrected chi connectivity index (χ0v) is 12.2. The van der Waals surface area contributed by atoms with E-state index in [1.807, 2.05) is 22.9 Å². The SMILES string of the molecule is Cc1ccc(N)cc1-c1nnnn1C1CCN(C2CC2)C1. The largest absolute Gasteiger partial charge is 0.399 e. The van der Waals surface area contributed by atoms with E-state index in [0.29, 0.717) is 6.04 Å². The third kappa shape index (κ3) is 2.29. The molecule has 6 nitrogen and oxygen atoms in total. The molecule has 2 fully saturated rings. The molecular formula is C15H20N6. The topological polar surface area (TPSA) is 72.9 Å². The normalized spacial score (nSPS) is 22.8. The number of rotatable bonds is 3. The number of anilines is 1. The number of likely N-dealkylation sites (tertiary alicyclic amines) is 1. The summed E-state index contributed by atoms with van der Waals surface area (Å²) in [4.78, 5) is 2.57. The van der Waals surface area contributed by atoms with Crippen LogP contribution in [0.1, 0.15) is 30.9 Å². The Bertz CT molecular complexity index is 660. The standard InChI is InChI=1S/C15H20N6/c1-10-2-3-11(16)8-14(10)15-17-18-19-21(15)13-6-7-20(9-13)12-4-5-12/h2-3,8,12-13H,4-7,9,16H2,1H3. The molecule has 0 bridgehead atoms. The lowest BCUT2D eigenvalue weighted by Crippen LogP contribution is -2.24. The lowest BCUT2D eigenvalue weighted by atomic mass is 10.1. The molecule has 1 aliphatic heterocycles. The van der Waals surface area contributed by atoms with Crippen molar-refractivity contribution in [1.82, 2.24) is 25.1 Å². The molecule has 1 atom stereocenters. The van der Waals surface area contributed by atoms with Crippen LogP contribution >= 0.6 is 0 Å². The molecular weight excluding hydrogens is 264 g/mol. The zero-order valence-electron chi connectivity index (χ0n) is 12.2. The van der Waals surface area contributed by atoms with Crippen molar-refractivity contribution in [3.05, 3.63) is 23.8 Å². The van der Waals surface area contributed by atoms with E-state index in [9.17, 15) is 0 Å². The number of aryl methyl sites for hydroxylation is 1. The minimum atomic E-state index is 0.372. The fourth-order valence-electron chi connectivity index (χ4n) is 3.24. The Kier molecular flexibility index (Phi) is 2.92. The molecule has 0 spiro atoms. The minimum Gasteiger partial charge on any atom is -0.399 e. The van der Waals surface area contributed by atoms with E-state index in [1.165, 1.54) is 12.8 Å². The van der Waals surface area contributed by atoms with Crippen molar-refractivity contribution in [3.63, 3.8) is 0 Å². The van der Waals surface area contributed by atoms with E-state index in [0.717, 1.165) is 48.2 Å². The molecule has 2 heterocycles. The first-order valence-corrected chi connectivity index (χ1v) is 7.61. The molecule has 1 aliphatic carbocycles. The van der Waals surface area contributed by atoms with E-state index in [-0.39, 0.29) is 0 Å². The highest BCUT2D eigenvalue weighted by molar-refractivity contribution is 5.65. The van der Waals surface area contributed by atoms with Crippen LogP contribution in [0.25, 0.3) is 11.4 Å². The first kappa shape index (κ1) is 12.8. The van der Waals surface area contributed by atoms with Crippen molar-refractivity contribution in [1.29, 1.82) is 0 Å². The summed E-state index contributed by atoms with van der Waals surface area (Å²) in [7, 11) is 0. The van der Waals surface area contributed by atoms with Crippen molar-refractivity contribution < 1.29 is 0 Å². The van der Waals surface area contributed by atoms with E-state index < -0.39 is 0 Å². The molecule has 21 heavy (non-hydrogen) atoms. The number of benzene rings is 1. The third-order valence-electron chi connectivity index (χ3n) is 4.60. The quantitative estimate of drug-likeness (QED) is 0.867. The summed E-state index contributed by atoms with van der Waals surface area (Å²) >= 11 is 0. The van der Waals surface area contributed by atoms with Crippen LogP contribution in [-0.4, -0.2) is 44.2 Å². The van der Waals surface area contributed by atoms with Gasteiger partial charge in [-0.2, -0.15) is 0 Å². The van der Waals surface area contributed by atoms with Gasteiger partial charge in [-0.25, -0.2) is 4.68 Å². The van der Waals surface area contributed by atoms with Crippen molar-refractivity contribution in [2.75, 3.05) is 18.8 Å². The van der Waals surface area contributed by atoms with Gasteiger partial charge in [0.1, 0.15) is 0 Å². The second kappa shape index (κ2) is 4.80. The van der Waals surface area contributed by atoms with Crippen molar-refractivity contribution >= 4 is 5.69 Å². The second-order valence-electron chi connectivity index (χ2n) is 6.19. The molecule has 0 amide bonds. The summed E-state index contributed by atoms with van der Waals surface area (Å²) < 4.78 is 1.99. The molecule has 2 aliphatic rings. The second-order valence-corrected chi connectivity index (χ2v) is 6.19. The summed E-state index contributed by atoms with van der Waals surface area (Å²) in [6.45, 7) is 4.29. The van der Waals surface area contributed by atoms with Gasteiger partial charge in [0.25, 0.3) is 0 Å². The predicted octanol–water partition coefficient (Wildman–Crippen LogP) is 1.64. The average molecular weight is 284 g/mol. The Labute approximate surface area is 123 Å². The lowest BCUT2D eigenvalue weighted by Gasteiger charge is -2.16. The predicted molar refractivity (Wildman–Crippen MR) is 80.7 cm³/mol. The maximum absolute atomic E-state index is 5.92. The summed E-state index contributed by atoms with van der Waals surface area (Å²) in [5.41, 5.74) is 8.85. The third-order valence-corrected chi connectivity index (χ3v) is 4.60. The van der Waals surface area contributed by atoms with E-state index in [4.69, 9.17) is 5.73 Å². The van der Waals surface area contributed by atoms with Gasteiger partial charge in [0.05, 0.1) is 6.04 Å². The van der Waals surface area contributed by atoms with Crippen molar-refractivity contribution in [2.24, 2.45) is 0 Å². The molecule has 2 N–H and O–H groups in total. The molecule has 1 saturated carbocycles. The van der Waals surface area contributed by atoms with Gasteiger partial charge >= 0.3 is 0 Å². The molecule has 1 unspecified atom stereocenters. The fourth-order valence-corrected chi connectivity index (χ4v) is 3.24. The highest BCUT2D eigenvalue weighted by atomic mass is 15.6. The molecule has 0 radical (unpaired) electrons. The van der Waals surface area contributed by atoms with Gasteiger partial charge in [0.15, 0.2) is 5.82 Å². The van der Waals surface area contributed by atoms with E-state index in [1.54, 1.807) is 0 Å². The number of hydrogen-bond acceptors (Lipinski definition) is 5. The molecule has 4 rings (SSSR count). The Morgan fingerprint density at radius 1 is 1.19 bits per heavy atom. The smallest absolute Gasteiger partial charge is 0.182 e. The van der Waals surface area contributed by atoms with Gasteiger partial charge in [0.2, 0.25) is 0 Å². The summed E-state index contributed by atoms with van der Waals surface area (Å²) in [5, 5.41) is 12.4. The summed E-state index contributed by atoms with van der Waals surface area (Å²) in [6.07, 6.45) is 3.82. The van der Waals surface area contributed by atoms with Gasteiger partial charge in [-0.05, 0) is 54.3 Å². The maximum Gasteiger partial charge on any atom is 0.182 e. The van der Waals surface area contributed by atoms with Crippen LogP contribution in [0.15, 0.2) is 18.2 Å². The monoisotopic (exact) mass is 284 g/mol. The van der Waals surface area contributed by atoms with Gasteiger partial charge < -0.3 is 5.73 Å². The Morgan fingerprint density at radius 2 is 2.05 bits per heavy atom. The number of nitrogen functional groups attached to an aromatic ring is 1. The van der Waals surface area contributed by atoms with Crippen LogP contribution in [0, 0.1) is 6.92 Å². The Balaban J connectivity index is 1.66. The van der Waals surface area contributed by atoms with Crippen molar-refractivity contribution in [2.45, 2.75) is 38.3 Å². The van der Waals surface area contributed by atoms with Crippen LogP contribution in [0.3, 0.4) is 0 Å². The summed E-state index contributed by atoms with van der Waals surface area (Å²) in [6, 6.07) is 7.08. The number of hydrogen-bond donors (Lipinski definition) is 1. The van der Waals surface area contributed by atoms with Gasteiger partial charge in [-0.3, -0.25) is 4.90 Å². The van der Waals surface area contributed by atoms with Gasteiger partial charge in [-0.15, -0.1) is 5.10 Å². The van der Waals surface area contributed by atoms with Crippen LogP contribution in [0.5, 0.6) is 0 Å². The van der Waals surface area contributed by atoms with Crippen LogP contribution in [0.4, 0.5) is 5.69 Å². The van der Waals surface area contributed by atoms with Crippen LogP contribution in [0.2, 0.25) is 0 Å². The molecule has 2 aromatic rings. The van der Waals surface area contributed by atoms with Crippen LogP contribution < -0.4 is 5.73 Å². The number of tetrazole rings is 1. The molecule has 1 aromatic heterocycles. The molecule has 6 heteroatoms. The van der Waals surface area contributed by atoms with E-state index in [2.05, 4.69) is 27.3 Å². The fraction of sp³-hybridized carbons (Fsp3) is 0.533. The number of nitrogens with zero attached hydrogens (tertiary/aromatic N) is 5. The minimum absolute atomic E-state index is 0.372. The first-order chi connectivity index (χ1) is 10.2. The Morgan fingerprint density at radius 3 is 2.86 bits per heavy atom. The molecule has 110 valence electrons.